The van der Waals surface area contributed by atoms with Gasteiger partial charge in [0.2, 0.25) is 0 Å². The lowest BCUT2D eigenvalue weighted by molar-refractivity contribution is 0.290. The first-order chi connectivity index (χ1) is 9.29. The Kier molecular flexibility index (Phi) is 9.59. The van der Waals surface area contributed by atoms with E-state index in [0.717, 1.165) is 17.9 Å². The van der Waals surface area contributed by atoms with Gasteiger partial charge in [-0.15, -0.1) is 0 Å². The van der Waals surface area contributed by atoms with Crippen LogP contribution in [0.25, 0.3) is 0 Å². The Bertz CT molecular complexity index is 202. The molecule has 1 saturated carbocycles. The average molecular weight is 268 g/mol. The molecule has 0 bridgehead atoms. The van der Waals surface area contributed by atoms with Crippen molar-refractivity contribution < 1.29 is 0 Å². The molecule has 0 radical (unpaired) electrons. The predicted molar refractivity (Wildman–Crippen MR) is 86.6 cm³/mol. The van der Waals surface area contributed by atoms with E-state index in [1.807, 2.05) is 0 Å². The van der Waals surface area contributed by atoms with Crippen molar-refractivity contribution in [1.29, 1.82) is 0 Å². The number of hydrogen-bond acceptors (Lipinski definition) is 1. The van der Waals surface area contributed by atoms with Crippen LogP contribution in [0.2, 0.25) is 0 Å². The zero-order valence-electron chi connectivity index (χ0n) is 13.7. The van der Waals surface area contributed by atoms with E-state index in [-0.39, 0.29) is 0 Å². The third kappa shape index (κ3) is 6.79. The molecule has 1 fully saturated rings. The van der Waals surface area contributed by atoms with E-state index in [1.54, 1.807) is 0 Å². The fourth-order valence-corrected chi connectivity index (χ4v) is 3.84. The lowest BCUT2D eigenvalue weighted by Gasteiger charge is -2.26. The number of rotatable bonds is 11. The molecule has 3 atom stereocenters. The Morgan fingerprint density at radius 2 is 1.58 bits per heavy atom. The van der Waals surface area contributed by atoms with Gasteiger partial charge < -0.3 is 5.32 Å². The maximum absolute atomic E-state index is 3.59. The molecule has 114 valence electrons. The zero-order chi connectivity index (χ0) is 13.9. The lowest BCUT2D eigenvalue weighted by Crippen LogP contribution is -2.34. The normalized spacial score (nSPS) is 24.8. The molecule has 1 rings (SSSR count). The Balaban J connectivity index is 2.00. The molecule has 19 heavy (non-hydrogen) atoms. The van der Waals surface area contributed by atoms with Gasteiger partial charge in [0.25, 0.3) is 0 Å². The van der Waals surface area contributed by atoms with Gasteiger partial charge in [0, 0.05) is 6.04 Å². The lowest BCUT2D eigenvalue weighted by atomic mass is 9.87. The van der Waals surface area contributed by atoms with E-state index in [2.05, 4.69) is 26.2 Å². The minimum Gasteiger partial charge on any atom is -0.317 e. The number of unbranched alkanes of at least 4 members (excludes halogenated alkanes) is 7. The van der Waals surface area contributed by atoms with E-state index in [1.165, 1.54) is 77.0 Å². The predicted octanol–water partition coefficient (Wildman–Crippen LogP) is 5.54. The minimum atomic E-state index is 0.789. The molecule has 3 unspecified atom stereocenters. The molecule has 1 heteroatoms. The van der Waals surface area contributed by atoms with Crippen molar-refractivity contribution in [2.24, 2.45) is 11.8 Å². The highest BCUT2D eigenvalue weighted by atomic mass is 14.9. The summed E-state index contributed by atoms with van der Waals surface area (Å²) >= 11 is 0. The van der Waals surface area contributed by atoms with Crippen LogP contribution < -0.4 is 5.32 Å². The van der Waals surface area contributed by atoms with Gasteiger partial charge in [0.15, 0.2) is 0 Å². The van der Waals surface area contributed by atoms with Crippen LogP contribution in [0.3, 0.4) is 0 Å². The summed E-state index contributed by atoms with van der Waals surface area (Å²) in [4.78, 5) is 0. The fraction of sp³-hybridized carbons (Fsp3) is 1.00. The summed E-state index contributed by atoms with van der Waals surface area (Å²) in [6.07, 6.45) is 17.3. The van der Waals surface area contributed by atoms with E-state index >= 15 is 0 Å². The molecule has 0 spiro atoms. The van der Waals surface area contributed by atoms with Crippen LogP contribution in [0, 0.1) is 11.8 Å². The van der Waals surface area contributed by atoms with E-state index in [0.29, 0.717) is 0 Å². The molecule has 0 aromatic carbocycles. The second-order valence-electron chi connectivity index (χ2n) is 6.73. The summed E-state index contributed by atoms with van der Waals surface area (Å²) in [7, 11) is 2.17. The van der Waals surface area contributed by atoms with E-state index < -0.39 is 0 Å². The molecule has 1 aliphatic carbocycles. The molecular weight excluding hydrogens is 230 g/mol. The van der Waals surface area contributed by atoms with Crippen molar-refractivity contribution >= 4 is 0 Å². The molecular formula is C18H37N. The Hall–Kier alpha value is -0.0400. The zero-order valence-corrected chi connectivity index (χ0v) is 13.7. The van der Waals surface area contributed by atoms with Gasteiger partial charge in [-0.3, -0.25) is 0 Å². The molecule has 1 aliphatic rings. The van der Waals surface area contributed by atoms with Crippen LogP contribution in [-0.2, 0) is 0 Å². The Morgan fingerprint density at radius 3 is 2.11 bits per heavy atom. The summed E-state index contributed by atoms with van der Waals surface area (Å²) in [5, 5.41) is 3.59. The second kappa shape index (κ2) is 10.7. The first-order valence-electron chi connectivity index (χ1n) is 8.96. The highest BCUT2D eigenvalue weighted by Gasteiger charge is 2.29. The van der Waals surface area contributed by atoms with Crippen molar-refractivity contribution in [3.63, 3.8) is 0 Å². The van der Waals surface area contributed by atoms with Gasteiger partial charge in [-0.05, 0) is 31.7 Å². The minimum absolute atomic E-state index is 0.789. The summed E-state index contributed by atoms with van der Waals surface area (Å²) in [6, 6.07) is 0.789. The topological polar surface area (TPSA) is 12.0 Å². The highest BCUT2D eigenvalue weighted by molar-refractivity contribution is 4.84. The largest absolute Gasteiger partial charge is 0.317 e. The SMILES string of the molecule is CCCCCCCCCCC(NC)C1CCCC1C. The van der Waals surface area contributed by atoms with Gasteiger partial charge in [-0.1, -0.05) is 78.1 Å². The van der Waals surface area contributed by atoms with Gasteiger partial charge in [0.1, 0.15) is 0 Å². The molecule has 1 N–H and O–H groups in total. The Morgan fingerprint density at radius 1 is 0.947 bits per heavy atom. The molecule has 1 nitrogen and oxygen atoms in total. The van der Waals surface area contributed by atoms with Crippen molar-refractivity contribution in [3.8, 4) is 0 Å². The molecule has 0 aromatic heterocycles. The number of hydrogen-bond donors (Lipinski definition) is 1. The third-order valence-corrected chi connectivity index (χ3v) is 5.18. The second-order valence-corrected chi connectivity index (χ2v) is 6.73. The van der Waals surface area contributed by atoms with Gasteiger partial charge in [0.05, 0.1) is 0 Å². The van der Waals surface area contributed by atoms with Crippen LogP contribution in [-0.4, -0.2) is 13.1 Å². The standard InChI is InChI=1S/C18H37N/c1-4-5-6-7-8-9-10-11-15-18(19-3)17-14-12-13-16(17)2/h16-19H,4-15H2,1-3H3. The maximum atomic E-state index is 3.59. The van der Waals surface area contributed by atoms with E-state index in [9.17, 15) is 0 Å². The molecule has 0 heterocycles. The molecule has 0 aliphatic heterocycles. The Labute approximate surface area is 121 Å². The van der Waals surface area contributed by atoms with Crippen molar-refractivity contribution in [2.75, 3.05) is 7.05 Å². The quantitative estimate of drug-likeness (QED) is 0.485. The van der Waals surface area contributed by atoms with Gasteiger partial charge in [-0.25, -0.2) is 0 Å². The summed E-state index contributed by atoms with van der Waals surface area (Å²) in [5.41, 5.74) is 0. The smallest absolute Gasteiger partial charge is 0.00948 e. The molecule has 0 amide bonds. The summed E-state index contributed by atoms with van der Waals surface area (Å²) < 4.78 is 0. The maximum Gasteiger partial charge on any atom is 0.00948 e. The first kappa shape index (κ1) is 17.0. The summed E-state index contributed by atoms with van der Waals surface area (Å²) in [5.74, 6) is 1.90. The molecule has 0 aromatic rings. The van der Waals surface area contributed by atoms with Crippen molar-refractivity contribution in [3.05, 3.63) is 0 Å². The monoisotopic (exact) mass is 267 g/mol. The summed E-state index contributed by atoms with van der Waals surface area (Å²) in [6.45, 7) is 4.75. The van der Waals surface area contributed by atoms with Crippen LogP contribution in [0.5, 0.6) is 0 Å². The van der Waals surface area contributed by atoms with Gasteiger partial charge in [-0.2, -0.15) is 0 Å². The molecule has 0 saturated heterocycles. The van der Waals surface area contributed by atoms with Crippen LogP contribution in [0.1, 0.15) is 90.9 Å². The van der Waals surface area contributed by atoms with E-state index in [4.69, 9.17) is 0 Å². The van der Waals surface area contributed by atoms with Crippen LogP contribution >= 0.6 is 0 Å². The highest BCUT2D eigenvalue weighted by Crippen LogP contribution is 2.35. The van der Waals surface area contributed by atoms with Crippen LogP contribution in [0.4, 0.5) is 0 Å². The first-order valence-corrected chi connectivity index (χ1v) is 8.96. The van der Waals surface area contributed by atoms with Crippen LogP contribution in [0.15, 0.2) is 0 Å². The van der Waals surface area contributed by atoms with Gasteiger partial charge >= 0.3 is 0 Å². The average Bonchev–Trinajstić information content (AvgIpc) is 2.83. The van der Waals surface area contributed by atoms with Crippen molar-refractivity contribution in [2.45, 2.75) is 96.9 Å². The third-order valence-electron chi connectivity index (χ3n) is 5.18. The fourth-order valence-electron chi connectivity index (χ4n) is 3.84. The number of nitrogens with one attached hydrogen (secondary N) is 1. The van der Waals surface area contributed by atoms with Crippen molar-refractivity contribution in [1.82, 2.24) is 5.32 Å².